The highest BCUT2D eigenvalue weighted by Crippen LogP contribution is 2.14. The summed E-state index contributed by atoms with van der Waals surface area (Å²) in [6, 6.07) is 11.8. The van der Waals surface area contributed by atoms with E-state index in [1.807, 2.05) is 30.3 Å². The average Bonchev–Trinajstić information content (AvgIpc) is 2.43. The number of aryl methyl sites for hydroxylation is 1. The Kier molecular flexibility index (Phi) is 5.91. The summed E-state index contributed by atoms with van der Waals surface area (Å²) in [6.07, 6.45) is 2.09. The second-order valence-corrected chi connectivity index (χ2v) is 7.62. The molecule has 1 aromatic rings. The minimum Gasteiger partial charge on any atom is -0.338 e. The van der Waals surface area contributed by atoms with Crippen LogP contribution in [0.1, 0.15) is 25.3 Å². The van der Waals surface area contributed by atoms with Crippen molar-refractivity contribution in [3.63, 3.8) is 0 Å². The number of sulfone groups is 1. The van der Waals surface area contributed by atoms with E-state index in [-0.39, 0.29) is 12.2 Å². The predicted octanol–water partition coefficient (Wildman–Crippen LogP) is 1.45. The first-order valence-electron chi connectivity index (χ1n) is 6.68. The van der Waals surface area contributed by atoms with E-state index >= 15 is 0 Å². The summed E-state index contributed by atoms with van der Waals surface area (Å²) in [5.41, 5.74) is 0.0918. The number of amides is 1. The van der Waals surface area contributed by atoms with Crippen LogP contribution >= 0.6 is 0 Å². The number of benzene rings is 1. The lowest BCUT2D eigenvalue weighted by Gasteiger charge is -2.23. The van der Waals surface area contributed by atoms with E-state index < -0.39 is 21.3 Å². The van der Waals surface area contributed by atoms with Gasteiger partial charge in [-0.25, -0.2) is 8.42 Å². The molecule has 0 spiro atoms. The smallest absolute Gasteiger partial charge is 0.222 e. The Balaban J connectivity index is 2.56. The molecule has 1 atom stereocenters. The summed E-state index contributed by atoms with van der Waals surface area (Å²) >= 11 is 0. The molecule has 0 heterocycles. The molecule has 0 aliphatic heterocycles. The fraction of sp³-hybridized carbons (Fsp3) is 0.467. The summed E-state index contributed by atoms with van der Waals surface area (Å²) in [6.45, 7) is 1.65. The first-order chi connectivity index (χ1) is 9.74. The Morgan fingerprint density at radius 2 is 1.95 bits per heavy atom. The van der Waals surface area contributed by atoms with Crippen molar-refractivity contribution < 1.29 is 13.2 Å². The van der Waals surface area contributed by atoms with Gasteiger partial charge in [0.15, 0.2) is 0 Å². The lowest BCUT2D eigenvalue weighted by Crippen LogP contribution is -2.45. The van der Waals surface area contributed by atoms with Crippen LogP contribution in [-0.2, 0) is 21.1 Å². The molecule has 0 saturated carbocycles. The molecule has 1 rings (SSSR count). The largest absolute Gasteiger partial charge is 0.338 e. The van der Waals surface area contributed by atoms with Crippen molar-refractivity contribution in [2.24, 2.45) is 0 Å². The summed E-state index contributed by atoms with van der Waals surface area (Å²) in [5, 5.41) is 11.9. The molecule has 6 heteroatoms. The minimum absolute atomic E-state index is 0.124. The molecule has 5 nitrogen and oxygen atoms in total. The standard InChI is InChI=1S/C15H20N2O3S/c1-15(12-16,10-8-13-6-4-3-5-7-13)17-14(18)9-11-21(2,19)20/h3-7H,8-11H2,1-2H3,(H,17,18). The number of rotatable bonds is 7. The van der Waals surface area contributed by atoms with Gasteiger partial charge in [0.2, 0.25) is 5.91 Å². The Hall–Kier alpha value is -1.87. The quantitative estimate of drug-likeness (QED) is 0.826. The zero-order valence-electron chi connectivity index (χ0n) is 12.3. The first-order valence-corrected chi connectivity index (χ1v) is 8.74. The molecule has 21 heavy (non-hydrogen) atoms. The number of nitrogens with one attached hydrogen (secondary N) is 1. The lowest BCUT2D eigenvalue weighted by atomic mass is 9.94. The van der Waals surface area contributed by atoms with Crippen LogP contribution in [0.15, 0.2) is 30.3 Å². The molecule has 0 bridgehead atoms. The van der Waals surface area contributed by atoms with Crippen molar-refractivity contribution in [2.45, 2.75) is 31.7 Å². The Morgan fingerprint density at radius 3 is 2.48 bits per heavy atom. The highest BCUT2D eigenvalue weighted by atomic mass is 32.2. The molecule has 114 valence electrons. The number of nitriles is 1. The van der Waals surface area contributed by atoms with Gasteiger partial charge < -0.3 is 5.32 Å². The van der Waals surface area contributed by atoms with Crippen LogP contribution < -0.4 is 5.32 Å². The van der Waals surface area contributed by atoms with E-state index in [1.165, 1.54) is 0 Å². The second kappa shape index (κ2) is 7.23. The van der Waals surface area contributed by atoms with Crippen LogP contribution in [0, 0.1) is 11.3 Å². The van der Waals surface area contributed by atoms with Crippen LogP contribution in [0.25, 0.3) is 0 Å². The maximum absolute atomic E-state index is 11.7. The maximum Gasteiger partial charge on any atom is 0.222 e. The van der Waals surface area contributed by atoms with Crippen molar-refractivity contribution in [1.29, 1.82) is 5.26 Å². The van der Waals surface area contributed by atoms with Gasteiger partial charge in [0, 0.05) is 12.7 Å². The van der Waals surface area contributed by atoms with Gasteiger partial charge in [-0.2, -0.15) is 5.26 Å². The molecule has 0 aliphatic carbocycles. The highest BCUT2D eigenvalue weighted by Gasteiger charge is 2.26. The zero-order chi connectivity index (χ0) is 15.9. The Bertz CT molecular complexity index is 620. The van der Waals surface area contributed by atoms with Crippen LogP contribution in [0.2, 0.25) is 0 Å². The maximum atomic E-state index is 11.7. The fourth-order valence-corrected chi connectivity index (χ4v) is 2.39. The molecule has 0 fully saturated rings. The number of carbonyl (C=O) groups is 1. The first kappa shape index (κ1) is 17.2. The number of nitrogens with zero attached hydrogens (tertiary/aromatic N) is 1. The van der Waals surface area contributed by atoms with Crippen molar-refractivity contribution in [3.05, 3.63) is 35.9 Å². The lowest BCUT2D eigenvalue weighted by molar-refractivity contribution is -0.121. The van der Waals surface area contributed by atoms with Crippen LogP contribution in [-0.4, -0.2) is 31.9 Å². The van der Waals surface area contributed by atoms with Gasteiger partial charge in [-0.1, -0.05) is 30.3 Å². The van der Waals surface area contributed by atoms with E-state index in [2.05, 4.69) is 11.4 Å². The predicted molar refractivity (Wildman–Crippen MR) is 81.3 cm³/mol. The molecule has 1 N–H and O–H groups in total. The molecule has 0 aromatic heterocycles. The summed E-state index contributed by atoms with van der Waals surface area (Å²) in [5.74, 6) is -0.628. The van der Waals surface area contributed by atoms with E-state index in [9.17, 15) is 18.5 Å². The molecule has 0 aliphatic rings. The molecule has 1 amide bonds. The van der Waals surface area contributed by atoms with E-state index in [0.29, 0.717) is 12.8 Å². The van der Waals surface area contributed by atoms with Gasteiger partial charge in [0.1, 0.15) is 15.4 Å². The van der Waals surface area contributed by atoms with Crippen molar-refractivity contribution >= 4 is 15.7 Å². The summed E-state index contributed by atoms with van der Waals surface area (Å²) < 4.78 is 22.1. The van der Waals surface area contributed by atoms with Crippen molar-refractivity contribution in [3.8, 4) is 6.07 Å². The summed E-state index contributed by atoms with van der Waals surface area (Å²) in [7, 11) is -3.18. The van der Waals surface area contributed by atoms with Gasteiger partial charge in [-0.15, -0.1) is 0 Å². The Labute approximate surface area is 125 Å². The molecule has 0 radical (unpaired) electrons. The van der Waals surface area contributed by atoms with E-state index in [1.54, 1.807) is 6.92 Å². The Morgan fingerprint density at radius 1 is 1.33 bits per heavy atom. The number of hydrogen-bond donors (Lipinski definition) is 1. The molecule has 1 aromatic carbocycles. The third-order valence-electron chi connectivity index (χ3n) is 3.12. The van der Waals surface area contributed by atoms with E-state index in [4.69, 9.17) is 0 Å². The normalized spacial score (nSPS) is 14.0. The number of carbonyl (C=O) groups excluding carboxylic acids is 1. The average molecular weight is 308 g/mol. The fourth-order valence-electron chi connectivity index (χ4n) is 1.83. The SMILES string of the molecule is CC(C#N)(CCc1ccccc1)NC(=O)CCS(C)(=O)=O. The third-order valence-corrected chi connectivity index (χ3v) is 4.06. The van der Waals surface area contributed by atoms with Gasteiger partial charge in [0.25, 0.3) is 0 Å². The topological polar surface area (TPSA) is 87.0 Å². The van der Waals surface area contributed by atoms with Gasteiger partial charge in [-0.3, -0.25) is 4.79 Å². The minimum atomic E-state index is -3.18. The monoisotopic (exact) mass is 308 g/mol. The van der Waals surface area contributed by atoms with Gasteiger partial charge in [-0.05, 0) is 25.3 Å². The second-order valence-electron chi connectivity index (χ2n) is 5.36. The van der Waals surface area contributed by atoms with Gasteiger partial charge >= 0.3 is 0 Å². The van der Waals surface area contributed by atoms with Crippen molar-refractivity contribution in [1.82, 2.24) is 5.32 Å². The molecular formula is C15H20N2O3S. The molecule has 0 saturated heterocycles. The van der Waals surface area contributed by atoms with Gasteiger partial charge in [0.05, 0.1) is 11.8 Å². The highest BCUT2D eigenvalue weighted by molar-refractivity contribution is 7.90. The van der Waals surface area contributed by atoms with E-state index in [0.717, 1.165) is 11.8 Å². The molecular weight excluding hydrogens is 288 g/mol. The van der Waals surface area contributed by atoms with Crippen molar-refractivity contribution in [2.75, 3.05) is 12.0 Å². The van der Waals surface area contributed by atoms with Crippen LogP contribution in [0.3, 0.4) is 0 Å². The van der Waals surface area contributed by atoms with Crippen LogP contribution in [0.5, 0.6) is 0 Å². The summed E-state index contributed by atoms with van der Waals surface area (Å²) in [4.78, 5) is 11.7. The zero-order valence-corrected chi connectivity index (χ0v) is 13.1. The molecule has 1 unspecified atom stereocenters. The third kappa shape index (κ3) is 6.91. The van der Waals surface area contributed by atoms with Crippen LogP contribution in [0.4, 0.5) is 0 Å². The number of hydrogen-bond acceptors (Lipinski definition) is 4.